The van der Waals surface area contributed by atoms with Gasteiger partial charge in [0.1, 0.15) is 5.78 Å². The van der Waals surface area contributed by atoms with Crippen LogP contribution >= 0.6 is 0 Å². The summed E-state index contributed by atoms with van der Waals surface area (Å²) >= 11 is 1.27. The van der Waals surface area contributed by atoms with Crippen molar-refractivity contribution >= 4 is 19.7 Å². The summed E-state index contributed by atoms with van der Waals surface area (Å²) in [5, 5.41) is 0. The molecule has 0 unspecified atom stereocenters. The predicted octanol–water partition coefficient (Wildman–Crippen LogP) is 2.58. The van der Waals surface area contributed by atoms with Gasteiger partial charge in [-0.25, -0.2) is 0 Å². The molecule has 0 heterocycles. The molecule has 0 aliphatic heterocycles. The topological polar surface area (TPSA) is 54.5 Å². The van der Waals surface area contributed by atoms with Crippen LogP contribution in [0.15, 0.2) is 41.3 Å². The standard InChI is InChI=1S/C18H22NO3S.W/c1-5-7-8-16(4)23(21,22)19(6-2)14-18-11-9-17(10-12-18)13-15(3)20;/h4,7-12H,6,13-14H2,1-3H3;/q-1;/b8-7-;. The molecule has 130 valence electrons. The molecule has 0 saturated heterocycles. The second-order valence-electron chi connectivity index (χ2n) is 5.47. The molecule has 0 saturated carbocycles. The van der Waals surface area contributed by atoms with E-state index in [0.717, 1.165) is 15.0 Å². The molecule has 6 heteroatoms. The Morgan fingerprint density at radius 3 is 2.17 bits per heavy atom. The monoisotopic (exact) mass is 516 g/mol. The minimum atomic E-state index is -3.69. The third kappa shape index (κ3) is 6.39. The van der Waals surface area contributed by atoms with Crippen LogP contribution in [-0.2, 0) is 47.1 Å². The Balaban J connectivity index is 2.91. The summed E-state index contributed by atoms with van der Waals surface area (Å²) in [4.78, 5) is 11.0. The van der Waals surface area contributed by atoms with E-state index < -0.39 is 10.0 Å². The fourth-order valence-electron chi connectivity index (χ4n) is 2.05. The summed E-state index contributed by atoms with van der Waals surface area (Å²) in [6.07, 6.45) is 3.54. The van der Waals surface area contributed by atoms with Crippen LogP contribution in [-0.4, -0.2) is 28.9 Å². The number of hydrogen-bond acceptors (Lipinski definition) is 3. The molecule has 0 atom stereocenters. The van der Waals surface area contributed by atoms with Crippen LogP contribution in [0.2, 0.25) is 0 Å². The molecule has 1 rings (SSSR count). The third-order valence-corrected chi connectivity index (χ3v) is 5.60. The van der Waals surface area contributed by atoms with Crippen molar-refractivity contribution in [1.29, 1.82) is 0 Å². The van der Waals surface area contributed by atoms with E-state index in [0.29, 0.717) is 13.0 Å². The number of allylic oxidation sites excluding steroid dienone is 2. The van der Waals surface area contributed by atoms with Gasteiger partial charge < -0.3 is 0 Å². The van der Waals surface area contributed by atoms with Crippen LogP contribution in [0.25, 0.3) is 0 Å². The fraction of sp³-hybridized carbons (Fsp3) is 0.333. The van der Waals surface area contributed by atoms with E-state index in [1.165, 1.54) is 29.7 Å². The van der Waals surface area contributed by atoms with Crippen molar-refractivity contribution in [2.75, 3.05) is 6.54 Å². The molecule has 0 fully saturated rings. The number of Topliss-reactive ketones (excluding diaryl/α,β-unsaturated/α-hetero) is 1. The van der Waals surface area contributed by atoms with Crippen molar-refractivity contribution in [2.24, 2.45) is 0 Å². The molecule has 0 amide bonds. The zero-order chi connectivity index (χ0) is 18.3. The quantitative estimate of drug-likeness (QED) is 0.375. The van der Waals surface area contributed by atoms with E-state index in [9.17, 15) is 13.2 Å². The first-order chi connectivity index (χ1) is 11.2. The van der Waals surface area contributed by atoms with Crippen molar-refractivity contribution in [3.63, 3.8) is 0 Å². The third-order valence-electron chi connectivity index (χ3n) is 3.31. The second kappa shape index (κ2) is 9.36. The first kappa shape index (κ1) is 20.9. The molecule has 0 radical (unpaired) electrons. The van der Waals surface area contributed by atoms with E-state index in [-0.39, 0.29) is 17.2 Å². The van der Waals surface area contributed by atoms with Gasteiger partial charge in [-0.15, -0.1) is 0 Å². The molecule has 0 aliphatic rings. The van der Waals surface area contributed by atoms with Crippen molar-refractivity contribution in [1.82, 2.24) is 4.31 Å². The molecule has 0 bridgehead atoms. The summed E-state index contributed by atoms with van der Waals surface area (Å²) in [5.41, 5.74) is 1.77. The van der Waals surface area contributed by atoms with Crippen molar-refractivity contribution in [3.05, 3.63) is 59.0 Å². The van der Waals surface area contributed by atoms with Gasteiger partial charge >= 0.3 is 138 Å². The molecular weight excluding hydrogens is 494 g/mol. The maximum absolute atomic E-state index is 12.6. The average Bonchev–Trinajstić information content (AvgIpc) is 2.50. The van der Waals surface area contributed by atoms with Gasteiger partial charge in [0, 0.05) is 0 Å². The van der Waals surface area contributed by atoms with Crippen LogP contribution in [0.3, 0.4) is 0 Å². The number of ketones is 1. The SMILES string of the molecule is [CH-]=C(/C=C\[C](C)=[W])S(=O)(=O)N(CC)Cc1ccc(CC(C)=O)cc1. The molecule has 1 aromatic carbocycles. The summed E-state index contributed by atoms with van der Waals surface area (Å²) in [7, 11) is -3.69. The normalized spacial score (nSPS) is 11.8. The van der Waals surface area contributed by atoms with Gasteiger partial charge in [-0.05, 0) is 6.92 Å². The fourth-order valence-corrected chi connectivity index (χ4v) is 3.50. The maximum atomic E-state index is 12.6. The summed E-state index contributed by atoms with van der Waals surface area (Å²) < 4.78 is 27.5. The van der Waals surface area contributed by atoms with E-state index in [1.807, 2.05) is 31.2 Å². The Morgan fingerprint density at radius 1 is 1.17 bits per heavy atom. The van der Waals surface area contributed by atoms with Crippen LogP contribution in [0.5, 0.6) is 0 Å². The first-order valence-electron chi connectivity index (χ1n) is 7.55. The van der Waals surface area contributed by atoms with Gasteiger partial charge in [-0.3, -0.25) is 4.79 Å². The Hall–Kier alpha value is -1.16. The molecule has 0 aliphatic carbocycles. The van der Waals surface area contributed by atoms with Gasteiger partial charge in [-0.2, -0.15) is 0 Å². The number of nitrogens with zero attached hydrogens (tertiary/aromatic N) is 1. The number of rotatable bonds is 9. The number of carbonyl (C=O) groups excluding carboxylic acids is 1. The van der Waals surface area contributed by atoms with E-state index in [1.54, 1.807) is 19.9 Å². The van der Waals surface area contributed by atoms with Crippen molar-refractivity contribution in [2.45, 2.75) is 33.7 Å². The van der Waals surface area contributed by atoms with Gasteiger partial charge in [0.15, 0.2) is 0 Å². The van der Waals surface area contributed by atoms with Crippen LogP contribution in [0, 0.1) is 6.58 Å². The van der Waals surface area contributed by atoms with Gasteiger partial charge in [0.05, 0.1) is 0 Å². The minimum absolute atomic E-state index is 0.0968. The Kier molecular flexibility index (Phi) is 8.14. The van der Waals surface area contributed by atoms with E-state index >= 15 is 0 Å². The summed E-state index contributed by atoms with van der Waals surface area (Å²) in [5.74, 6) is 0.0968. The average molecular weight is 516 g/mol. The van der Waals surface area contributed by atoms with Crippen molar-refractivity contribution in [3.8, 4) is 0 Å². The van der Waals surface area contributed by atoms with Crippen molar-refractivity contribution < 1.29 is 32.6 Å². The molecule has 0 spiro atoms. The van der Waals surface area contributed by atoms with Crippen LogP contribution < -0.4 is 0 Å². The Morgan fingerprint density at radius 2 is 1.71 bits per heavy atom. The van der Waals surface area contributed by atoms with E-state index in [4.69, 9.17) is 6.58 Å². The number of hydrogen-bond donors (Lipinski definition) is 0. The Labute approximate surface area is 155 Å². The number of sulfonamides is 1. The van der Waals surface area contributed by atoms with Gasteiger partial charge in [0.25, 0.3) is 0 Å². The second-order valence-corrected chi connectivity index (χ2v) is 9.72. The van der Waals surface area contributed by atoms with Crippen LogP contribution in [0.4, 0.5) is 0 Å². The molecule has 0 aromatic heterocycles. The molecule has 24 heavy (non-hydrogen) atoms. The number of carbonyl (C=O) groups is 1. The summed E-state index contributed by atoms with van der Waals surface area (Å²) in [6, 6.07) is 7.39. The first-order valence-corrected chi connectivity index (χ1v) is 10.5. The molecular formula is C18H22NO3SW-. The molecule has 0 N–H and O–H groups in total. The van der Waals surface area contributed by atoms with Gasteiger partial charge in [0.2, 0.25) is 0 Å². The zero-order valence-corrected chi connectivity index (χ0v) is 17.9. The predicted molar refractivity (Wildman–Crippen MR) is 93.5 cm³/mol. The number of benzene rings is 1. The van der Waals surface area contributed by atoms with E-state index in [2.05, 4.69) is 0 Å². The zero-order valence-electron chi connectivity index (χ0n) is 14.2. The molecule has 4 nitrogen and oxygen atoms in total. The van der Waals surface area contributed by atoms with Gasteiger partial charge in [-0.1, -0.05) is 0 Å². The van der Waals surface area contributed by atoms with Crippen LogP contribution in [0.1, 0.15) is 31.9 Å². The Bertz CT molecular complexity index is 749. The molecule has 1 aromatic rings. The summed E-state index contributed by atoms with van der Waals surface area (Å²) in [6.45, 7) is 11.6.